The number of nitrogens with zero attached hydrogens (tertiary/aromatic N) is 3. The molecule has 5 rings (SSSR count). The van der Waals surface area contributed by atoms with Crippen molar-refractivity contribution in [1.29, 1.82) is 0 Å². The van der Waals surface area contributed by atoms with Crippen molar-refractivity contribution in [2.24, 2.45) is 0 Å². The number of benzene rings is 1. The number of rotatable bonds is 6. The minimum atomic E-state index is -0.155. The van der Waals surface area contributed by atoms with E-state index in [-0.39, 0.29) is 24.6 Å². The predicted octanol–water partition coefficient (Wildman–Crippen LogP) is 3.43. The molecular formula is C22H24N4O3. The summed E-state index contributed by atoms with van der Waals surface area (Å²) in [6, 6.07) is 10.2. The number of carbonyl (C=O) groups excluding carboxylic acids is 1. The number of aliphatic hydroxyl groups excluding tert-OH is 1. The van der Waals surface area contributed by atoms with Crippen LogP contribution in [0.2, 0.25) is 0 Å². The van der Waals surface area contributed by atoms with Gasteiger partial charge in [0.05, 0.1) is 18.8 Å². The zero-order chi connectivity index (χ0) is 19.8. The molecule has 2 aliphatic rings. The summed E-state index contributed by atoms with van der Waals surface area (Å²) in [6.45, 7) is -0.00721. The van der Waals surface area contributed by atoms with Gasteiger partial charge >= 0.3 is 0 Å². The molecule has 2 N–H and O–H groups in total. The van der Waals surface area contributed by atoms with Gasteiger partial charge in [0.25, 0.3) is 5.91 Å². The molecule has 1 amide bonds. The molecule has 7 nitrogen and oxygen atoms in total. The van der Waals surface area contributed by atoms with Crippen LogP contribution in [0.4, 0.5) is 0 Å². The second kappa shape index (κ2) is 7.48. The Morgan fingerprint density at radius 3 is 2.69 bits per heavy atom. The quantitative estimate of drug-likeness (QED) is 0.670. The highest BCUT2D eigenvalue weighted by atomic mass is 16.5. The van der Waals surface area contributed by atoms with Crippen LogP contribution in [-0.4, -0.2) is 32.0 Å². The van der Waals surface area contributed by atoms with Gasteiger partial charge in [0.15, 0.2) is 11.5 Å². The largest absolute Gasteiger partial charge is 0.392 e. The zero-order valence-corrected chi connectivity index (χ0v) is 16.1. The summed E-state index contributed by atoms with van der Waals surface area (Å²) in [5.41, 5.74) is 3.15. The summed E-state index contributed by atoms with van der Waals surface area (Å²) in [4.78, 5) is 13.0. The molecule has 2 saturated carbocycles. The summed E-state index contributed by atoms with van der Waals surface area (Å²) in [5.74, 6) is 0.908. The molecule has 150 valence electrons. The number of hydrogen-bond acceptors (Lipinski definition) is 5. The van der Waals surface area contributed by atoms with Gasteiger partial charge in [-0.2, -0.15) is 5.10 Å². The summed E-state index contributed by atoms with van der Waals surface area (Å²) < 4.78 is 7.52. The minimum absolute atomic E-state index is 0.00721. The van der Waals surface area contributed by atoms with Crippen LogP contribution in [0.25, 0.3) is 11.3 Å². The van der Waals surface area contributed by atoms with Crippen LogP contribution in [0.3, 0.4) is 0 Å². The minimum Gasteiger partial charge on any atom is -0.392 e. The molecule has 0 saturated heterocycles. The van der Waals surface area contributed by atoms with E-state index in [0.717, 1.165) is 48.1 Å². The van der Waals surface area contributed by atoms with Crippen LogP contribution < -0.4 is 5.32 Å². The Morgan fingerprint density at radius 1 is 1.24 bits per heavy atom. The molecule has 2 heterocycles. The Morgan fingerprint density at radius 2 is 2.03 bits per heavy atom. The fourth-order valence-electron chi connectivity index (χ4n) is 4.17. The van der Waals surface area contributed by atoms with Gasteiger partial charge in [-0.15, -0.1) is 0 Å². The molecule has 0 unspecified atom stereocenters. The van der Waals surface area contributed by atoms with Gasteiger partial charge in [-0.1, -0.05) is 41.9 Å². The van der Waals surface area contributed by atoms with Gasteiger partial charge in [-0.05, 0) is 31.6 Å². The van der Waals surface area contributed by atoms with Crippen molar-refractivity contribution in [3.63, 3.8) is 0 Å². The van der Waals surface area contributed by atoms with E-state index in [1.807, 2.05) is 41.2 Å². The zero-order valence-electron chi connectivity index (χ0n) is 16.1. The lowest BCUT2D eigenvalue weighted by atomic mass is 9.78. The van der Waals surface area contributed by atoms with Crippen molar-refractivity contribution in [2.75, 3.05) is 0 Å². The molecule has 1 aromatic carbocycles. The number of aromatic nitrogens is 3. The maximum absolute atomic E-state index is 13.0. The van der Waals surface area contributed by atoms with E-state index in [0.29, 0.717) is 11.6 Å². The molecule has 0 aliphatic heterocycles. The fraction of sp³-hybridized carbons (Fsp3) is 0.409. The number of aliphatic hydroxyl groups is 1. The maximum Gasteiger partial charge on any atom is 0.274 e. The van der Waals surface area contributed by atoms with Gasteiger partial charge in [0.1, 0.15) is 0 Å². The van der Waals surface area contributed by atoms with Crippen LogP contribution >= 0.6 is 0 Å². The first-order valence-corrected chi connectivity index (χ1v) is 10.2. The third kappa shape index (κ3) is 3.35. The highest BCUT2D eigenvalue weighted by Crippen LogP contribution is 2.43. The van der Waals surface area contributed by atoms with Crippen molar-refractivity contribution in [3.05, 3.63) is 59.5 Å². The Hall–Kier alpha value is -2.93. The molecule has 2 fully saturated rings. The van der Waals surface area contributed by atoms with Crippen LogP contribution in [0.1, 0.15) is 65.7 Å². The lowest BCUT2D eigenvalue weighted by molar-refractivity contribution is 0.0877. The highest BCUT2D eigenvalue weighted by Gasteiger charge is 2.36. The van der Waals surface area contributed by atoms with Gasteiger partial charge in [0.2, 0.25) is 0 Å². The molecule has 3 aromatic rings. The monoisotopic (exact) mass is 392 g/mol. The van der Waals surface area contributed by atoms with Crippen molar-refractivity contribution in [1.82, 2.24) is 20.3 Å². The average molecular weight is 392 g/mol. The molecule has 0 spiro atoms. The maximum atomic E-state index is 13.0. The summed E-state index contributed by atoms with van der Waals surface area (Å²) in [6.07, 6.45) is 8.49. The number of amides is 1. The molecule has 0 atom stereocenters. The van der Waals surface area contributed by atoms with Gasteiger partial charge in [0, 0.05) is 28.9 Å². The van der Waals surface area contributed by atoms with Crippen LogP contribution in [0.15, 0.2) is 47.2 Å². The van der Waals surface area contributed by atoms with E-state index in [4.69, 9.17) is 4.52 Å². The standard InChI is InChI=1S/C22H24N4O3/c27-13-14-11-23-26(12-14)18-9-17(10-18)24-22(28)20-19(15-7-4-8-15)21(29-25-20)16-5-2-1-3-6-16/h1-3,5-6,11-12,15,17-18,27H,4,7-10,13H2,(H,24,28). The first kappa shape index (κ1) is 18.1. The van der Waals surface area contributed by atoms with E-state index >= 15 is 0 Å². The predicted molar refractivity (Wildman–Crippen MR) is 106 cm³/mol. The second-order valence-corrected chi connectivity index (χ2v) is 8.05. The molecule has 2 aliphatic carbocycles. The number of carbonyl (C=O) groups is 1. The SMILES string of the molecule is O=C(NC1CC(n2cc(CO)cn2)C1)c1noc(-c2ccccc2)c1C1CCC1. The van der Waals surface area contributed by atoms with E-state index in [1.54, 1.807) is 6.20 Å². The van der Waals surface area contributed by atoms with Gasteiger partial charge < -0.3 is 14.9 Å². The third-order valence-corrected chi connectivity index (χ3v) is 6.15. The molecule has 29 heavy (non-hydrogen) atoms. The highest BCUT2D eigenvalue weighted by molar-refractivity contribution is 5.95. The normalized spacial score (nSPS) is 21.4. The van der Waals surface area contributed by atoms with Crippen LogP contribution in [-0.2, 0) is 6.61 Å². The molecular weight excluding hydrogens is 368 g/mol. The van der Waals surface area contributed by atoms with Crippen molar-refractivity contribution >= 4 is 5.91 Å². The molecule has 2 aromatic heterocycles. The molecule has 0 radical (unpaired) electrons. The van der Waals surface area contributed by atoms with Crippen LogP contribution in [0.5, 0.6) is 0 Å². The van der Waals surface area contributed by atoms with E-state index < -0.39 is 0 Å². The molecule has 7 heteroatoms. The number of hydrogen-bond donors (Lipinski definition) is 2. The third-order valence-electron chi connectivity index (χ3n) is 6.15. The van der Waals surface area contributed by atoms with Crippen molar-refractivity contribution in [2.45, 2.75) is 56.7 Å². The average Bonchev–Trinajstić information content (AvgIpc) is 3.31. The topological polar surface area (TPSA) is 93.2 Å². The Kier molecular flexibility index (Phi) is 4.67. The van der Waals surface area contributed by atoms with Crippen molar-refractivity contribution in [3.8, 4) is 11.3 Å². The van der Waals surface area contributed by atoms with Gasteiger partial charge in [-0.25, -0.2) is 0 Å². The molecule has 0 bridgehead atoms. The Bertz CT molecular complexity index is 1000. The summed E-state index contributed by atoms with van der Waals surface area (Å²) >= 11 is 0. The fourth-order valence-corrected chi connectivity index (χ4v) is 4.17. The smallest absolute Gasteiger partial charge is 0.274 e. The van der Waals surface area contributed by atoms with E-state index in [1.165, 1.54) is 6.42 Å². The van der Waals surface area contributed by atoms with E-state index in [9.17, 15) is 9.90 Å². The first-order valence-electron chi connectivity index (χ1n) is 10.2. The Labute approximate surface area is 168 Å². The Balaban J connectivity index is 1.30. The van der Waals surface area contributed by atoms with E-state index in [2.05, 4.69) is 15.6 Å². The summed E-state index contributed by atoms with van der Waals surface area (Å²) in [5, 5.41) is 20.7. The second-order valence-electron chi connectivity index (χ2n) is 8.05. The number of nitrogens with one attached hydrogen (secondary N) is 1. The van der Waals surface area contributed by atoms with Crippen molar-refractivity contribution < 1.29 is 14.4 Å². The van der Waals surface area contributed by atoms with Crippen LogP contribution in [0, 0.1) is 0 Å². The lowest BCUT2D eigenvalue weighted by Gasteiger charge is -2.35. The van der Waals surface area contributed by atoms with Gasteiger partial charge in [-0.3, -0.25) is 9.48 Å². The summed E-state index contributed by atoms with van der Waals surface area (Å²) in [7, 11) is 0. The lowest BCUT2D eigenvalue weighted by Crippen LogP contribution is -2.45. The first-order chi connectivity index (χ1) is 14.2.